The molecular formula is C12H23NO2. The van der Waals surface area contributed by atoms with E-state index >= 15 is 0 Å². The van der Waals surface area contributed by atoms with E-state index in [1.54, 1.807) is 0 Å². The second kappa shape index (κ2) is 4.40. The number of nitrogens with two attached hydrogens (primary N) is 1. The largest absolute Gasteiger partial charge is 0.347 e. The molecule has 1 saturated carbocycles. The molecule has 0 amide bonds. The zero-order valence-corrected chi connectivity index (χ0v) is 9.87. The van der Waals surface area contributed by atoms with E-state index in [1.807, 2.05) is 0 Å². The fourth-order valence-electron chi connectivity index (χ4n) is 2.74. The van der Waals surface area contributed by atoms with Gasteiger partial charge in [-0.05, 0) is 24.7 Å². The van der Waals surface area contributed by atoms with Crippen molar-refractivity contribution in [3.63, 3.8) is 0 Å². The molecule has 2 rings (SSSR count). The third-order valence-corrected chi connectivity index (χ3v) is 3.91. The fraction of sp³-hybridized carbons (Fsp3) is 1.00. The predicted octanol–water partition coefficient (Wildman–Crippen LogP) is 1.90. The smallest absolute Gasteiger partial charge is 0.168 e. The summed E-state index contributed by atoms with van der Waals surface area (Å²) < 4.78 is 11.7. The van der Waals surface area contributed by atoms with E-state index < -0.39 is 0 Å². The third-order valence-electron chi connectivity index (χ3n) is 3.91. The lowest BCUT2D eigenvalue weighted by Gasteiger charge is -2.37. The monoisotopic (exact) mass is 213 g/mol. The summed E-state index contributed by atoms with van der Waals surface area (Å²) in [5.74, 6) is 1.36. The fourth-order valence-corrected chi connectivity index (χ4v) is 2.74. The van der Waals surface area contributed by atoms with Crippen LogP contribution in [0.5, 0.6) is 0 Å². The van der Waals surface area contributed by atoms with E-state index in [4.69, 9.17) is 15.2 Å². The molecule has 1 unspecified atom stereocenters. The van der Waals surface area contributed by atoms with Crippen LogP contribution in [0.25, 0.3) is 0 Å². The van der Waals surface area contributed by atoms with Gasteiger partial charge in [-0.25, -0.2) is 0 Å². The van der Waals surface area contributed by atoms with E-state index in [9.17, 15) is 0 Å². The van der Waals surface area contributed by atoms with Gasteiger partial charge in [0.1, 0.15) is 0 Å². The van der Waals surface area contributed by atoms with Gasteiger partial charge in [0.15, 0.2) is 5.79 Å². The second-order valence-corrected chi connectivity index (χ2v) is 5.28. The topological polar surface area (TPSA) is 44.5 Å². The summed E-state index contributed by atoms with van der Waals surface area (Å²) in [6, 6.07) is 0. The van der Waals surface area contributed by atoms with Crippen LogP contribution >= 0.6 is 0 Å². The van der Waals surface area contributed by atoms with Crippen molar-refractivity contribution >= 4 is 0 Å². The average Bonchev–Trinajstić information content (AvgIpc) is 2.62. The Kier molecular flexibility index (Phi) is 3.33. The normalized spacial score (nSPS) is 41.6. The number of ether oxygens (including phenoxy) is 2. The van der Waals surface area contributed by atoms with E-state index in [1.165, 1.54) is 12.8 Å². The molecule has 0 bridgehead atoms. The first-order valence-electron chi connectivity index (χ1n) is 6.17. The first-order valence-corrected chi connectivity index (χ1v) is 6.17. The third kappa shape index (κ3) is 2.35. The van der Waals surface area contributed by atoms with Gasteiger partial charge in [-0.3, -0.25) is 0 Å². The van der Waals surface area contributed by atoms with Crippen molar-refractivity contribution in [2.24, 2.45) is 17.6 Å². The molecule has 1 spiro atoms. The van der Waals surface area contributed by atoms with Crippen molar-refractivity contribution in [3.05, 3.63) is 0 Å². The Hall–Kier alpha value is -0.120. The molecule has 3 nitrogen and oxygen atoms in total. The summed E-state index contributed by atoms with van der Waals surface area (Å²) in [6.07, 6.45) is 4.68. The van der Waals surface area contributed by atoms with Gasteiger partial charge in [0, 0.05) is 19.4 Å². The molecule has 2 aliphatic rings. The Morgan fingerprint density at radius 2 is 2.00 bits per heavy atom. The van der Waals surface area contributed by atoms with Gasteiger partial charge in [0.2, 0.25) is 0 Å². The van der Waals surface area contributed by atoms with Gasteiger partial charge in [0.05, 0.1) is 12.7 Å². The van der Waals surface area contributed by atoms with Crippen molar-refractivity contribution in [3.8, 4) is 0 Å². The first kappa shape index (κ1) is 11.4. The highest BCUT2D eigenvalue weighted by molar-refractivity contribution is 4.86. The molecule has 0 aromatic rings. The highest BCUT2D eigenvalue weighted by atomic mass is 16.7. The number of hydrogen-bond acceptors (Lipinski definition) is 3. The molecule has 2 N–H and O–H groups in total. The van der Waals surface area contributed by atoms with E-state index in [0.29, 0.717) is 13.2 Å². The molecule has 0 radical (unpaired) electrons. The van der Waals surface area contributed by atoms with Crippen LogP contribution in [0.1, 0.15) is 39.5 Å². The molecule has 1 heterocycles. The molecular weight excluding hydrogens is 190 g/mol. The van der Waals surface area contributed by atoms with Crippen LogP contribution in [0.2, 0.25) is 0 Å². The maximum Gasteiger partial charge on any atom is 0.168 e. The Labute approximate surface area is 92.3 Å². The zero-order chi connectivity index (χ0) is 10.9. The van der Waals surface area contributed by atoms with Crippen molar-refractivity contribution in [1.29, 1.82) is 0 Å². The molecule has 1 aliphatic carbocycles. The maximum absolute atomic E-state index is 5.92. The van der Waals surface area contributed by atoms with Crippen molar-refractivity contribution in [2.45, 2.75) is 51.4 Å². The van der Waals surface area contributed by atoms with Crippen molar-refractivity contribution in [2.75, 3.05) is 13.2 Å². The molecule has 1 aliphatic heterocycles. The SMILES string of the molecule is CC(C)C1CCC2(CC1)OCC(CN)O2. The molecule has 3 heteroatoms. The molecule has 15 heavy (non-hydrogen) atoms. The second-order valence-electron chi connectivity index (χ2n) is 5.28. The summed E-state index contributed by atoms with van der Waals surface area (Å²) >= 11 is 0. The predicted molar refractivity (Wildman–Crippen MR) is 59.4 cm³/mol. The lowest BCUT2D eigenvalue weighted by atomic mass is 9.79. The van der Waals surface area contributed by atoms with Gasteiger partial charge >= 0.3 is 0 Å². The van der Waals surface area contributed by atoms with Gasteiger partial charge in [-0.15, -0.1) is 0 Å². The molecule has 88 valence electrons. The van der Waals surface area contributed by atoms with Gasteiger partial charge < -0.3 is 15.2 Å². The summed E-state index contributed by atoms with van der Waals surface area (Å²) in [5.41, 5.74) is 5.59. The Morgan fingerprint density at radius 3 is 2.47 bits per heavy atom. The number of hydrogen-bond donors (Lipinski definition) is 1. The van der Waals surface area contributed by atoms with Gasteiger partial charge in [-0.2, -0.15) is 0 Å². The maximum atomic E-state index is 5.92. The summed E-state index contributed by atoms with van der Waals surface area (Å²) in [7, 11) is 0. The van der Waals surface area contributed by atoms with Crippen molar-refractivity contribution in [1.82, 2.24) is 0 Å². The minimum absolute atomic E-state index is 0.126. The van der Waals surface area contributed by atoms with Crippen LogP contribution in [0.3, 0.4) is 0 Å². The van der Waals surface area contributed by atoms with Crippen LogP contribution in [-0.2, 0) is 9.47 Å². The molecule has 1 saturated heterocycles. The van der Waals surface area contributed by atoms with Crippen LogP contribution in [0.15, 0.2) is 0 Å². The van der Waals surface area contributed by atoms with Gasteiger partial charge in [0.25, 0.3) is 0 Å². The lowest BCUT2D eigenvalue weighted by Crippen LogP contribution is -2.37. The minimum Gasteiger partial charge on any atom is -0.347 e. The zero-order valence-electron chi connectivity index (χ0n) is 9.87. The number of rotatable bonds is 2. The highest BCUT2D eigenvalue weighted by Crippen LogP contribution is 2.41. The van der Waals surface area contributed by atoms with Gasteiger partial charge in [-0.1, -0.05) is 13.8 Å². The van der Waals surface area contributed by atoms with E-state index in [0.717, 1.165) is 24.7 Å². The van der Waals surface area contributed by atoms with Crippen LogP contribution in [-0.4, -0.2) is 25.0 Å². The Balaban J connectivity index is 1.87. The molecule has 0 aromatic carbocycles. The average molecular weight is 213 g/mol. The quantitative estimate of drug-likeness (QED) is 0.762. The lowest BCUT2D eigenvalue weighted by molar-refractivity contribution is -0.193. The highest BCUT2D eigenvalue weighted by Gasteiger charge is 2.43. The molecule has 1 atom stereocenters. The Morgan fingerprint density at radius 1 is 1.33 bits per heavy atom. The Bertz CT molecular complexity index is 210. The summed E-state index contributed by atoms with van der Waals surface area (Å²) in [4.78, 5) is 0. The standard InChI is InChI=1S/C12H23NO2/c1-9(2)10-3-5-12(6-4-10)14-8-11(7-13)15-12/h9-11H,3-8,13H2,1-2H3. The minimum atomic E-state index is -0.268. The first-order chi connectivity index (χ1) is 7.15. The summed E-state index contributed by atoms with van der Waals surface area (Å²) in [5, 5.41) is 0. The van der Waals surface area contributed by atoms with Crippen LogP contribution in [0.4, 0.5) is 0 Å². The van der Waals surface area contributed by atoms with E-state index in [2.05, 4.69) is 13.8 Å². The molecule has 0 aromatic heterocycles. The van der Waals surface area contributed by atoms with Crippen molar-refractivity contribution < 1.29 is 9.47 Å². The van der Waals surface area contributed by atoms with Crippen LogP contribution < -0.4 is 5.73 Å². The molecule has 2 fully saturated rings. The summed E-state index contributed by atoms with van der Waals surface area (Å²) in [6.45, 7) is 5.88. The van der Waals surface area contributed by atoms with E-state index in [-0.39, 0.29) is 11.9 Å². The van der Waals surface area contributed by atoms with Crippen LogP contribution in [0, 0.1) is 11.8 Å².